The molecule has 0 aliphatic heterocycles. The highest BCUT2D eigenvalue weighted by atomic mass is 79.9. The topological polar surface area (TPSA) is 77.2 Å². The largest absolute Gasteiger partial charge is 0.491 e. The van der Waals surface area contributed by atoms with E-state index in [1.165, 1.54) is 4.68 Å². The third-order valence-electron chi connectivity index (χ3n) is 4.61. The molecular formula is C24H20BrN3O3. The van der Waals surface area contributed by atoms with Gasteiger partial charge in [0.1, 0.15) is 29.8 Å². The van der Waals surface area contributed by atoms with Gasteiger partial charge in [-0.2, -0.15) is 10.1 Å². The second-order valence-corrected chi connectivity index (χ2v) is 7.84. The maximum atomic E-state index is 12.7. The third kappa shape index (κ3) is 5.25. The molecule has 7 heteroatoms. The van der Waals surface area contributed by atoms with E-state index in [-0.39, 0.29) is 13.2 Å². The van der Waals surface area contributed by atoms with Gasteiger partial charge in [0, 0.05) is 15.6 Å². The summed E-state index contributed by atoms with van der Waals surface area (Å²) < 4.78 is 7.73. The average molecular weight is 478 g/mol. The van der Waals surface area contributed by atoms with Gasteiger partial charge < -0.3 is 9.84 Å². The molecule has 0 aliphatic rings. The summed E-state index contributed by atoms with van der Waals surface area (Å²) in [6.45, 7) is -0.00583. The Morgan fingerprint density at radius 1 is 0.871 bits per heavy atom. The maximum absolute atomic E-state index is 12.7. The molecule has 6 nitrogen and oxygen atoms in total. The Labute approximate surface area is 187 Å². The van der Waals surface area contributed by atoms with E-state index in [1.54, 1.807) is 12.1 Å². The lowest BCUT2D eigenvalue weighted by atomic mass is 10.0. The normalized spacial score (nSPS) is 11.8. The molecule has 0 aliphatic carbocycles. The van der Waals surface area contributed by atoms with Crippen molar-refractivity contribution in [2.24, 2.45) is 0 Å². The Kier molecular flexibility index (Phi) is 6.54. The quantitative estimate of drug-likeness (QED) is 0.432. The summed E-state index contributed by atoms with van der Waals surface area (Å²) in [4.78, 5) is 17.0. The predicted octanol–water partition coefficient (Wildman–Crippen LogP) is 4.17. The van der Waals surface area contributed by atoms with E-state index in [1.807, 2.05) is 72.8 Å². The zero-order chi connectivity index (χ0) is 21.6. The summed E-state index contributed by atoms with van der Waals surface area (Å²) in [6, 6.07) is 26.3. The number of nitrogens with zero attached hydrogens (tertiary/aromatic N) is 3. The highest BCUT2D eigenvalue weighted by Crippen LogP contribution is 2.27. The van der Waals surface area contributed by atoms with E-state index in [2.05, 4.69) is 26.0 Å². The van der Waals surface area contributed by atoms with E-state index in [0.29, 0.717) is 17.1 Å². The summed E-state index contributed by atoms with van der Waals surface area (Å²) in [5, 5.41) is 15.0. The van der Waals surface area contributed by atoms with Gasteiger partial charge >= 0.3 is 5.69 Å². The molecule has 0 radical (unpaired) electrons. The minimum atomic E-state index is -0.929. The van der Waals surface area contributed by atoms with E-state index < -0.39 is 11.8 Å². The number of benzene rings is 3. The average Bonchev–Trinajstić information content (AvgIpc) is 2.81. The number of hydrogen-bond acceptors (Lipinski definition) is 5. The lowest BCUT2D eigenvalue weighted by Crippen LogP contribution is -2.34. The second-order valence-electron chi connectivity index (χ2n) is 6.92. The van der Waals surface area contributed by atoms with Crippen LogP contribution in [0.15, 0.2) is 94.2 Å². The van der Waals surface area contributed by atoms with Gasteiger partial charge in [-0.3, -0.25) is 0 Å². The van der Waals surface area contributed by atoms with Gasteiger partial charge in [0.25, 0.3) is 0 Å². The Hall–Kier alpha value is -3.29. The minimum Gasteiger partial charge on any atom is -0.491 e. The molecule has 0 amide bonds. The van der Waals surface area contributed by atoms with Crippen LogP contribution in [0.2, 0.25) is 0 Å². The van der Waals surface area contributed by atoms with Crippen molar-refractivity contribution in [2.45, 2.75) is 12.6 Å². The van der Waals surface area contributed by atoms with Crippen molar-refractivity contribution in [1.82, 2.24) is 14.8 Å². The number of hydrogen-bond donors (Lipinski definition) is 1. The molecule has 156 valence electrons. The standard InChI is InChI=1S/C24H20BrN3O3/c25-19-11-13-21(14-12-19)31-16-20(29)15-28-24(30)26-22(17-7-3-1-4-8-17)23(27-28)18-9-5-2-6-10-18/h1-14,20,29H,15-16H2. The molecule has 4 aromatic rings. The first-order valence-electron chi connectivity index (χ1n) is 9.76. The van der Waals surface area contributed by atoms with Crippen LogP contribution in [0.4, 0.5) is 0 Å². The van der Waals surface area contributed by atoms with Crippen LogP contribution >= 0.6 is 15.9 Å². The highest BCUT2D eigenvalue weighted by Gasteiger charge is 2.16. The molecule has 0 saturated heterocycles. The number of aliphatic hydroxyl groups is 1. The Morgan fingerprint density at radius 2 is 1.45 bits per heavy atom. The minimum absolute atomic E-state index is 0.0247. The summed E-state index contributed by atoms with van der Waals surface area (Å²) in [5.41, 5.74) is 2.20. The van der Waals surface area contributed by atoms with Crippen molar-refractivity contribution in [1.29, 1.82) is 0 Å². The van der Waals surface area contributed by atoms with Gasteiger partial charge in [0.05, 0.1) is 6.54 Å². The summed E-state index contributed by atoms with van der Waals surface area (Å²) >= 11 is 3.37. The molecule has 0 spiro atoms. The van der Waals surface area contributed by atoms with Crippen molar-refractivity contribution in [3.63, 3.8) is 0 Å². The molecule has 3 aromatic carbocycles. The van der Waals surface area contributed by atoms with Crippen LogP contribution < -0.4 is 10.4 Å². The van der Waals surface area contributed by atoms with E-state index in [0.717, 1.165) is 15.6 Å². The van der Waals surface area contributed by atoms with Crippen LogP contribution in [-0.4, -0.2) is 32.6 Å². The van der Waals surface area contributed by atoms with Gasteiger partial charge in [0.15, 0.2) is 0 Å². The molecular weight excluding hydrogens is 458 g/mol. The van der Waals surface area contributed by atoms with Gasteiger partial charge in [-0.05, 0) is 24.3 Å². The molecule has 31 heavy (non-hydrogen) atoms. The summed E-state index contributed by atoms with van der Waals surface area (Å²) in [5.74, 6) is 0.630. The lowest BCUT2D eigenvalue weighted by molar-refractivity contribution is 0.0876. The van der Waals surface area contributed by atoms with Crippen LogP contribution in [0.25, 0.3) is 22.5 Å². The van der Waals surface area contributed by atoms with Gasteiger partial charge in [-0.25, -0.2) is 9.48 Å². The van der Waals surface area contributed by atoms with Gasteiger partial charge in [-0.15, -0.1) is 0 Å². The summed E-state index contributed by atoms with van der Waals surface area (Å²) in [7, 11) is 0. The molecule has 1 aromatic heterocycles. The first kappa shape index (κ1) is 21.0. The molecule has 0 bridgehead atoms. The number of ether oxygens (including phenoxy) is 1. The first-order chi connectivity index (χ1) is 15.1. The van der Waals surface area contributed by atoms with Crippen molar-refractivity contribution in [3.8, 4) is 28.3 Å². The number of halogens is 1. The molecule has 4 rings (SSSR count). The van der Waals surface area contributed by atoms with E-state index >= 15 is 0 Å². The first-order valence-corrected chi connectivity index (χ1v) is 10.6. The fourth-order valence-electron chi connectivity index (χ4n) is 3.10. The predicted molar refractivity (Wildman–Crippen MR) is 123 cm³/mol. The fraction of sp³-hybridized carbons (Fsp3) is 0.125. The van der Waals surface area contributed by atoms with Crippen molar-refractivity contribution < 1.29 is 9.84 Å². The van der Waals surface area contributed by atoms with E-state index in [9.17, 15) is 9.90 Å². The van der Waals surface area contributed by atoms with Crippen LogP contribution in [0.1, 0.15) is 0 Å². The molecule has 1 heterocycles. The van der Waals surface area contributed by atoms with Crippen LogP contribution in [0.3, 0.4) is 0 Å². The van der Waals surface area contributed by atoms with Gasteiger partial charge in [-0.1, -0.05) is 76.6 Å². The Bertz CT molecular complexity index is 1200. The van der Waals surface area contributed by atoms with Crippen molar-refractivity contribution >= 4 is 15.9 Å². The smallest absolute Gasteiger partial charge is 0.364 e. The lowest BCUT2D eigenvalue weighted by Gasteiger charge is -2.15. The van der Waals surface area contributed by atoms with Crippen molar-refractivity contribution in [2.75, 3.05) is 6.61 Å². The Balaban J connectivity index is 1.61. The van der Waals surface area contributed by atoms with Crippen LogP contribution in [0, 0.1) is 0 Å². The fourth-order valence-corrected chi connectivity index (χ4v) is 3.36. The van der Waals surface area contributed by atoms with Crippen LogP contribution in [0.5, 0.6) is 5.75 Å². The van der Waals surface area contributed by atoms with Crippen LogP contribution in [-0.2, 0) is 6.54 Å². The number of aromatic nitrogens is 3. The summed E-state index contributed by atoms with van der Waals surface area (Å²) in [6.07, 6.45) is -0.929. The maximum Gasteiger partial charge on any atom is 0.364 e. The molecule has 1 unspecified atom stereocenters. The van der Waals surface area contributed by atoms with E-state index in [4.69, 9.17) is 4.74 Å². The Morgan fingerprint density at radius 3 is 2.06 bits per heavy atom. The number of aliphatic hydroxyl groups excluding tert-OH is 1. The molecule has 1 N–H and O–H groups in total. The molecule has 0 saturated carbocycles. The highest BCUT2D eigenvalue weighted by molar-refractivity contribution is 9.10. The monoisotopic (exact) mass is 477 g/mol. The van der Waals surface area contributed by atoms with Gasteiger partial charge in [0.2, 0.25) is 0 Å². The molecule has 0 fully saturated rings. The SMILES string of the molecule is O=c1nc(-c2ccccc2)c(-c2ccccc2)nn1CC(O)COc1ccc(Br)cc1. The second kappa shape index (κ2) is 9.68. The third-order valence-corrected chi connectivity index (χ3v) is 5.14. The number of rotatable bonds is 7. The van der Waals surface area contributed by atoms with Crippen molar-refractivity contribution in [3.05, 3.63) is 99.9 Å². The molecule has 1 atom stereocenters. The zero-order valence-corrected chi connectivity index (χ0v) is 18.1. The zero-order valence-electron chi connectivity index (χ0n) is 16.6.